The minimum absolute atomic E-state index is 0.255. The zero-order valence-corrected chi connectivity index (χ0v) is 19.4. The van der Waals surface area contributed by atoms with E-state index < -0.39 is 5.82 Å². The maximum atomic E-state index is 14.4. The summed E-state index contributed by atoms with van der Waals surface area (Å²) in [4.78, 5) is 32.4. The summed E-state index contributed by atoms with van der Waals surface area (Å²) in [5.41, 5.74) is 0.956. The summed E-state index contributed by atoms with van der Waals surface area (Å²) in [7, 11) is 1.82. The molecular weight excluding hydrogens is 439 g/mol. The summed E-state index contributed by atoms with van der Waals surface area (Å²) in [5.74, 6) is 0.589. The quantitative estimate of drug-likeness (QED) is 0.712. The Bertz CT molecular complexity index is 1090. The Morgan fingerprint density at radius 3 is 3.03 bits per heavy atom. The number of carbonyl (C=O) groups excluding carboxylic acids is 1. The Labute approximate surface area is 198 Å². The summed E-state index contributed by atoms with van der Waals surface area (Å²) < 4.78 is 20.8. The van der Waals surface area contributed by atoms with E-state index in [0.29, 0.717) is 54.7 Å². The Kier molecular flexibility index (Phi) is 6.09. The molecule has 34 heavy (non-hydrogen) atoms. The van der Waals surface area contributed by atoms with Gasteiger partial charge >= 0.3 is 0 Å². The van der Waals surface area contributed by atoms with Crippen LogP contribution in [0.5, 0.6) is 5.88 Å². The average Bonchev–Trinajstić information content (AvgIpc) is 3.32. The molecule has 4 aliphatic rings. The number of amides is 1. The minimum Gasteiger partial charge on any atom is -0.471 e. The molecule has 0 radical (unpaired) electrons. The van der Waals surface area contributed by atoms with Crippen molar-refractivity contribution in [1.82, 2.24) is 25.2 Å². The molecule has 9 nitrogen and oxygen atoms in total. The number of piperidine rings is 1. The van der Waals surface area contributed by atoms with Crippen molar-refractivity contribution in [2.75, 3.05) is 33.3 Å². The predicted octanol–water partition coefficient (Wildman–Crippen LogP) is 2.13. The normalized spacial score (nSPS) is 29.4. The molecule has 2 bridgehead atoms. The van der Waals surface area contributed by atoms with Crippen LogP contribution in [0.1, 0.15) is 31.4 Å². The summed E-state index contributed by atoms with van der Waals surface area (Å²) >= 11 is 0. The molecule has 5 heterocycles. The van der Waals surface area contributed by atoms with Crippen molar-refractivity contribution in [2.45, 2.75) is 38.0 Å². The monoisotopic (exact) mass is 468 g/mol. The first-order valence-corrected chi connectivity index (χ1v) is 11.6. The number of hydrogen-bond acceptors (Lipinski definition) is 8. The number of carbonyl (C=O) groups is 1. The summed E-state index contributed by atoms with van der Waals surface area (Å²) in [6.45, 7) is 8.71. The van der Waals surface area contributed by atoms with Crippen LogP contribution in [0.4, 0.5) is 4.39 Å². The van der Waals surface area contributed by atoms with Gasteiger partial charge in [-0.15, -0.1) is 0 Å². The molecule has 1 aromatic rings. The Morgan fingerprint density at radius 1 is 1.38 bits per heavy atom. The molecule has 180 valence electrons. The number of aliphatic imine (C=N–C) groups is 1. The van der Waals surface area contributed by atoms with Crippen molar-refractivity contribution in [1.29, 1.82) is 0 Å². The van der Waals surface area contributed by atoms with E-state index in [1.54, 1.807) is 16.0 Å². The third-order valence-corrected chi connectivity index (χ3v) is 6.70. The summed E-state index contributed by atoms with van der Waals surface area (Å²) in [6, 6.07) is 0.857. The smallest absolute Gasteiger partial charge is 0.255 e. The lowest BCUT2D eigenvalue weighted by Gasteiger charge is -2.38. The van der Waals surface area contributed by atoms with Crippen LogP contribution in [-0.4, -0.2) is 77.0 Å². The van der Waals surface area contributed by atoms with Gasteiger partial charge in [-0.25, -0.2) is 19.4 Å². The molecule has 0 spiro atoms. The molecule has 1 aromatic heterocycles. The molecular formula is C24H29FN6O3. The van der Waals surface area contributed by atoms with Gasteiger partial charge in [-0.2, -0.15) is 0 Å². The molecule has 2 unspecified atom stereocenters. The number of hydrogen-bond donors (Lipinski definition) is 1. The molecule has 0 aliphatic carbocycles. The number of fused-ring (bicyclic) bond motifs is 6. The second kappa shape index (κ2) is 9.19. The number of hydroxylamine groups is 2. The SMILES string of the molecule is C=C/C1=C2/N=C(C=CN2C)N2OCC[C@@H]2c2cc(F)cnc2OC2CN(CC)CCC2NC1=O. The first kappa shape index (κ1) is 22.5. The van der Waals surface area contributed by atoms with E-state index in [-0.39, 0.29) is 24.1 Å². The van der Waals surface area contributed by atoms with Gasteiger partial charge in [0.25, 0.3) is 5.91 Å². The van der Waals surface area contributed by atoms with Crippen LogP contribution in [0.25, 0.3) is 0 Å². The Hall–Kier alpha value is -3.24. The standard InChI is InChI=1S/C24H29FN6O3/c1-4-16-22-28-21(7-9-29(22)3)31-19(8-11-33-31)17-12-15(25)13-26-24(17)34-20-14-30(5-2)10-6-18(20)27-23(16)32/h4,7,9,12-13,18-20H,1,5-6,8,10-11,14H2,2-3H3,(H,27,32)/b22-16+/t18?,19-,20?/m1/s1. The van der Waals surface area contributed by atoms with Crippen LogP contribution in [-0.2, 0) is 9.63 Å². The lowest BCUT2D eigenvalue weighted by atomic mass is 10.0. The molecule has 2 saturated heterocycles. The molecule has 1 N–H and O–H groups in total. The highest BCUT2D eigenvalue weighted by atomic mass is 19.1. The molecule has 10 heteroatoms. The molecule has 4 aliphatic heterocycles. The van der Waals surface area contributed by atoms with Gasteiger partial charge < -0.3 is 15.0 Å². The highest BCUT2D eigenvalue weighted by Gasteiger charge is 2.38. The van der Waals surface area contributed by atoms with Gasteiger partial charge in [0.15, 0.2) is 5.84 Å². The van der Waals surface area contributed by atoms with Gasteiger partial charge in [-0.05, 0) is 25.1 Å². The second-order valence-corrected chi connectivity index (χ2v) is 8.77. The van der Waals surface area contributed by atoms with Gasteiger partial charge in [-0.3, -0.25) is 14.5 Å². The molecule has 1 amide bonds. The fourth-order valence-electron chi connectivity index (χ4n) is 4.83. The minimum atomic E-state index is -0.447. The summed E-state index contributed by atoms with van der Waals surface area (Å²) in [5, 5.41) is 4.79. The van der Waals surface area contributed by atoms with E-state index in [0.717, 1.165) is 19.3 Å². The number of ether oxygens (including phenoxy) is 1. The van der Waals surface area contributed by atoms with Crippen LogP contribution in [0.15, 0.2) is 53.6 Å². The number of rotatable bonds is 2. The van der Waals surface area contributed by atoms with E-state index in [2.05, 4.69) is 28.7 Å². The van der Waals surface area contributed by atoms with E-state index in [4.69, 9.17) is 14.6 Å². The lowest BCUT2D eigenvalue weighted by Crippen LogP contribution is -2.56. The Balaban J connectivity index is 1.65. The third-order valence-electron chi connectivity index (χ3n) is 6.70. The summed E-state index contributed by atoms with van der Waals surface area (Å²) in [6.07, 6.45) is 7.26. The molecule has 2 fully saturated rings. The van der Waals surface area contributed by atoms with Crippen LogP contribution >= 0.6 is 0 Å². The number of aromatic nitrogens is 1. The maximum Gasteiger partial charge on any atom is 0.255 e. The van der Waals surface area contributed by atoms with E-state index in [1.807, 2.05) is 13.2 Å². The van der Waals surface area contributed by atoms with E-state index in [1.165, 1.54) is 12.1 Å². The van der Waals surface area contributed by atoms with Crippen molar-refractivity contribution < 1.29 is 18.8 Å². The zero-order chi connectivity index (χ0) is 23.8. The Morgan fingerprint density at radius 2 is 2.24 bits per heavy atom. The number of nitrogens with one attached hydrogen (secondary N) is 1. The number of halogens is 1. The number of pyridine rings is 1. The third kappa shape index (κ3) is 4.07. The van der Waals surface area contributed by atoms with E-state index in [9.17, 15) is 9.18 Å². The van der Waals surface area contributed by atoms with Crippen molar-refractivity contribution in [3.8, 4) is 5.88 Å². The molecule has 0 aromatic carbocycles. The average molecular weight is 469 g/mol. The van der Waals surface area contributed by atoms with Crippen LogP contribution in [0, 0.1) is 5.82 Å². The van der Waals surface area contributed by atoms with Gasteiger partial charge in [0.05, 0.1) is 30.5 Å². The van der Waals surface area contributed by atoms with Gasteiger partial charge in [0.1, 0.15) is 17.7 Å². The highest BCUT2D eigenvalue weighted by molar-refractivity contribution is 5.99. The molecule has 3 atom stereocenters. The number of likely N-dealkylation sites (N-methyl/N-ethyl adjacent to an activating group) is 1. The van der Waals surface area contributed by atoms with Crippen molar-refractivity contribution in [2.24, 2.45) is 4.99 Å². The van der Waals surface area contributed by atoms with Gasteiger partial charge in [-0.1, -0.05) is 19.6 Å². The van der Waals surface area contributed by atoms with E-state index >= 15 is 0 Å². The van der Waals surface area contributed by atoms with Crippen LogP contribution in [0.2, 0.25) is 0 Å². The van der Waals surface area contributed by atoms with Gasteiger partial charge in [0.2, 0.25) is 5.88 Å². The topological polar surface area (TPSA) is 82.5 Å². The van der Waals surface area contributed by atoms with Crippen LogP contribution in [0.3, 0.4) is 0 Å². The lowest BCUT2D eigenvalue weighted by molar-refractivity contribution is -0.119. The highest BCUT2D eigenvalue weighted by Crippen LogP contribution is 2.37. The van der Waals surface area contributed by atoms with Crippen molar-refractivity contribution in [3.05, 3.63) is 60.0 Å². The van der Waals surface area contributed by atoms with Crippen molar-refractivity contribution in [3.63, 3.8) is 0 Å². The molecule has 5 rings (SSSR count). The number of likely N-dealkylation sites (tertiary alicyclic amines) is 1. The fourth-order valence-corrected chi connectivity index (χ4v) is 4.83. The predicted molar refractivity (Wildman–Crippen MR) is 124 cm³/mol. The number of nitrogens with zero attached hydrogens (tertiary/aromatic N) is 5. The second-order valence-electron chi connectivity index (χ2n) is 8.77. The first-order chi connectivity index (χ1) is 16.5. The zero-order valence-electron chi connectivity index (χ0n) is 19.4. The van der Waals surface area contributed by atoms with Crippen molar-refractivity contribution >= 4 is 11.7 Å². The largest absolute Gasteiger partial charge is 0.471 e. The van der Waals surface area contributed by atoms with Gasteiger partial charge in [0, 0.05) is 38.3 Å². The molecule has 0 saturated carbocycles. The maximum absolute atomic E-state index is 14.4. The fraction of sp³-hybridized carbons (Fsp3) is 0.458. The van der Waals surface area contributed by atoms with Crippen LogP contribution < -0.4 is 10.1 Å². The first-order valence-electron chi connectivity index (χ1n) is 11.6. The number of amidine groups is 1.